The van der Waals surface area contributed by atoms with Gasteiger partial charge in [0.25, 0.3) is 5.91 Å². The van der Waals surface area contributed by atoms with Crippen molar-refractivity contribution >= 4 is 22.2 Å². The lowest BCUT2D eigenvalue weighted by atomic mass is 10.2. The summed E-state index contributed by atoms with van der Waals surface area (Å²) in [6.07, 6.45) is 2.05. The van der Waals surface area contributed by atoms with Gasteiger partial charge in [-0.1, -0.05) is 11.3 Å². The van der Waals surface area contributed by atoms with Crippen molar-refractivity contribution in [1.29, 1.82) is 0 Å². The molecule has 1 atom stereocenters. The van der Waals surface area contributed by atoms with E-state index in [0.717, 1.165) is 30.8 Å². The summed E-state index contributed by atoms with van der Waals surface area (Å²) in [4.78, 5) is 22.0. The topological polar surface area (TPSA) is 81.5 Å². The highest BCUT2D eigenvalue weighted by molar-refractivity contribution is 7.17. The lowest BCUT2D eigenvalue weighted by Crippen LogP contribution is -2.31. The summed E-state index contributed by atoms with van der Waals surface area (Å²) in [5, 5.41) is 13.2. The summed E-state index contributed by atoms with van der Waals surface area (Å²) in [7, 11) is 0. The minimum absolute atomic E-state index is 0.0210. The number of carbonyl (C=O) groups is 1. The Hall–Kier alpha value is -1.47. The Labute approximate surface area is 102 Å². The van der Waals surface area contributed by atoms with Crippen LogP contribution in [0.5, 0.6) is 0 Å². The van der Waals surface area contributed by atoms with Crippen LogP contribution in [-0.4, -0.2) is 30.1 Å². The van der Waals surface area contributed by atoms with Gasteiger partial charge in [-0.15, -0.1) is 0 Å². The first-order valence-electron chi connectivity index (χ1n) is 5.31. The van der Waals surface area contributed by atoms with Gasteiger partial charge in [-0.2, -0.15) is 0 Å². The van der Waals surface area contributed by atoms with Crippen LogP contribution in [0.15, 0.2) is 12.1 Å². The van der Waals surface area contributed by atoms with E-state index in [1.807, 2.05) is 0 Å². The van der Waals surface area contributed by atoms with Gasteiger partial charge in [0, 0.05) is 19.2 Å². The highest BCUT2D eigenvalue weighted by Crippen LogP contribution is 2.23. The van der Waals surface area contributed by atoms with Crippen LogP contribution in [0.2, 0.25) is 0 Å². The van der Waals surface area contributed by atoms with E-state index in [1.54, 1.807) is 0 Å². The minimum Gasteiger partial charge on any atom is -0.376 e. The largest absolute Gasteiger partial charge is 0.376 e. The lowest BCUT2D eigenvalue weighted by Gasteiger charge is -2.09. The Morgan fingerprint density at radius 1 is 1.65 bits per heavy atom. The summed E-state index contributed by atoms with van der Waals surface area (Å²) >= 11 is 0.880. The lowest BCUT2D eigenvalue weighted by molar-refractivity contribution is -0.380. The summed E-state index contributed by atoms with van der Waals surface area (Å²) in [5.41, 5.74) is 0. The van der Waals surface area contributed by atoms with Crippen LogP contribution in [0, 0.1) is 10.1 Å². The normalized spacial score (nSPS) is 19.2. The quantitative estimate of drug-likeness (QED) is 0.654. The molecule has 0 bridgehead atoms. The van der Waals surface area contributed by atoms with E-state index in [2.05, 4.69) is 5.32 Å². The molecule has 7 heteroatoms. The molecule has 0 aliphatic carbocycles. The molecule has 1 aliphatic rings. The molecule has 6 nitrogen and oxygen atoms in total. The van der Waals surface area contributed by atoms with Crippen LogP contribution in [0.4, 0.5) is 5.00 Å². The maximum atomic E-state index is 11.7. The molecular weight excluding hydrogens is 244 g/mol. The number of thiophene rings is 1. The van der Waals surface area contributed by atoms with Gasteiger partial charge in [0.1, 0.15) is 0 Å². The number of ether oxygens (including phenoxy) is 1. The number of nitro groups is 1. The van der Waals surface area contributed by atoms with Crippen molar-refractivity contribution in [2.45, 2.75) is 18.9 Å². The third-order valence-electron chi connectivity index (χ3n) is 2.51. The summed E-state index contributed by atoms with van der Waals surface area (Å²) < 4.78 is 5.36. The summed E-state index contributed by atoms with van der Waals surface area (Å²) in [5.74, 6) is -0.279. The molecule has 1 fully saturated rings. The zero-order valence-electron chi connectivity index (χ0n) is 9.05. The Bertz CT molecular complexity index is 426. The Balaban J connectivity index is 1.87. The molecule has 1 aromatic heterocycles. The van der Waals surface area contributed by atoms with Crippen LogP contribution >= 0.6 is 11.3 Å². The predicted molar refractivity (Wildman–Crippen MR) is 62.3 cm³/mol. The van der Waals surface area contributed by atoms with Crippen molar-refractivity contribution in [3.05, 3.63) is 27.1 Å². The second kappa shape index (κ2) is 5.24. The Kier molecular flexibility index (Phi) is 3.70. The molecule has 1 aromatic rings. The molecule has 2 rings (SSSR count). The Morgan fingerprint density at radius 2 is 2.47 bits per heavy atom. The monoisotopic (exact) mass is 256 g/mol. The van der Waals surface area contributed by atoms with E-state index in [4.69, 9.17) is 4.74 Å². The fourth-order valence-corrected chi connectivity index (χ4v) is 2.38. The molecule has 17 heavy (non-hydrogen) atoms. The summed E-state index contributed by atoms with van der Waals surface area (Å²) in [6, 6.07) is 2.80. The van der Waals surface area contributed by atoms with Crippen LogP contribution in [-0.2, 0) is 4.74 Å². The van der Waals surface area contributed by atoms with Crippen LogP contribution < -0.4 is 5.32 Å². The zero-order chi connectivity index (χ0) is 12.3. The van der Waals surface area contributed by atoms with Gasteiger partial charge < -0.3 is 10.1 Å². The summed E-state index contributed by atoms with van der Waals surface area (Å²) in [6.45, 7) is 1.20. The van der Waals surface area contributed by atoms with Crippen molar-refractivity contribution in [3.8, 4) is 0 Å². The first-order chi connectivity index (χ1) is 8.16. The number of nitrogens with one attached hydrogen (secondary N) is 1. The molecule has 0 aromatic carbocycles. The minimum atomic E-state index is -0.498. The molecule has 0 spiro atoms. The SMILES string of the molecule is O=C(NC[C@H]1CCCO1)c1ccc([N+](=O)[O-])s1. The maximum absolute atomic E-state index is 11.7. The van der Waals surface area contributed by atoms with Crippen molar-refractivity contribution in [1.82, 2.24) is 5.32 Å². The molecule has 0 saturated carbocycles. The second-order valence-electron chi connectivity index (χ2n) is 3.74. The van der Waals surface area contributed by atoms with Crippen molar-refractivity contribution in [2.24, 2.45) is 0 Å². The molecule has 1 amide bonds. The first-order valence-corrected chi connectivity index (χ1v) is 6.12. The maximum Gasteiger partial charge on any atom is 0.324 e. The van der Waals surface area contributed by atoms with E-state index in [0.29, 0.717) is 11.4 Å². The van der Waals surface area contributed by atoms with Crippen LogP contribution in [0.1, 0.15) is 22.5 Å². The Morgan fingerprint density at radius 3 is 3.06 bits per heavy atom. The zero-order valence-corrected chi connectivity index (χ0v) is 9.87. The average Bonchev–Trinajstić information content (AvgIpc) is 2.96. The number of amides is 1. The van der Waals surface area contributed by atoms with Gasteiger partial charge in [0.2, 0.25) is 0 Å². The van der Waals surface area contributed by atoms with E-state index in [1.165, 1.54) is 12.1 Å². The molecule has 1 saturated heterocycles. The molecule has 0 radical (unpaired) electrons. The van der Waals surface area contributed by atoms with Gasteiger partial charge in [-0.3, -0.25) is 14.9 Å². The van der Waals surface area contributed by atoms with E-state index in [9.17, 15) is 14.9 Å². The van der Waals surface area contributed by atoms with Gasteiger partial charge in [0.15, 0.2) is 0 Å². The first kappa shape index (κ1) is 12.0. The van der Waals surface area contributed by atoms with E-state index in [-0.39, 0.29) is 17.0 Å². The number of rotatable bonds is 4. The number of carbonyl (C=O) groups excluding carboxylic acids is 1. The highest BCUT2D eigenvalue weighted by atomic mass is 32.1. The van der Waals surface area contributed by atoms with Crippen molar-refractivity contribution < 1.29 is 14.5 Å². The molecule has 2 heterocycles. The third-order valence-corrected chi connectivity index (χ3v) is 3.55. The standard InChI is InChI=1S/C10H12N2O4S/c13-10(11-6-7-2-1-5-16-7)8-3-4-9(17-8)12(14)15/h3-4,7H,1-2,5-6H2,(H,11,13)/t7-/m1/s1. The smallest absolute Gasteiger partial charge is 0.324 e. The fourth-order valence-electron chi connectivity index (χ4n) is 1.65. The molecular formula is C10H12N2O4S. The molecule has 1 aliphatic heterocycles. The average molecular weight is 256 g/mol. The van der Waals surface area contributed by atoms with Gasteiger partial charge in [0.05, 0.1) is 15.9 Å². The number of hydrogen-bond donors (Lipinski definition) is 1. The van der Waals surface area contributed by atoms with Crippen LogP contribution in [0.3, 0.4) is 0 Å². The van der Waals surface area contributed by atoms with Crippen LogP contribution in [0.25, 0.3) is 0 Å². The van der Waals surface area contributed by atoms with Gasteiger partial charge in [-0.25, -0.2) is 0 Å². The van der Waals surface area contributed by atoms with E-state index >= 15 is 0 Å². The highest BCUT2D eigenvalue weighted by Gasteiger charge is 2.19. The van der Waals surface area contributed by atoms with Crippen molar-refractivity contribution in [3.63, 3.8) is 0 Å². The van der Waals surface area contributed by atoms with Gasteiger partial charge >= 0.3 is 5.00 Å². The van der Waals surface area contributed by atoms with Gasteiger partial charge in [-0.05, 0) is 18.9 Å². The number of nitrogens with zero attached hydrogens (tertiary/aromatic N) is 1. The molecule has 1 N–H and O–H groups in total. The van der Waals surface area contributed by atoms with E-state index < -0.39 is 4.92 Å². The fraction of sp³-hybridized carbons (Fsp3) is 0.500. The molecule has 0 unspecified atom stereocenters. The number of hydrogen-bond acceptors (Lipinski definition) is 5. The second-order valence-corrected chi connectivity index (χ2v) is 4.80. The molecule has 92 valence electrons. The predicted octanol–water partition coefficient (Wildman–Crippen LogP) is 1.57. The van der Waals surface area contributed by atoms with Crippen molar-refractivity contribution in [2.75, 3.05) is 13.2 Å². The third kappa shape index (κ3) is 3.01.